The quantitative estimate of drug-likeness (QED) is 0.531. The zero-order valence-electron chi connectivity index (χ0n) is 7.07. The van der Waals surface area contributed by atoms with Gasteiger partial charge in [-0.1, -0.05) is 18.2 Å². The van der Waals surface area contributed by atoms with E-state index in [0.717, 1.165) is 17.7 Å². The van der Waals surface area contributed by atoms with Gasteiger partial charge in [-0.05, 0) is 24.1 Å². The highest BCUT2D eigenvalue weighted by Crippen LogP contribution is 2.14. The first kappa shape index (κ1) is 8.35. The van der Waals surface area contributed by atoms with Gasteiger partial charge in [-0.3, -0.25) is 0 Å². The Bertz CT molecular complexity index is 336. The van der Waals surface area contributed by atoms with E-state index in [-0.39, 0.29) is 0 Å². The molecule has 4 heteroatoms. The number of fused-ring (bicyclic) bond motifs is 1. The molecule has 0 saturated heterocycles. The minimum absolute atomic E-state index is 0.432. The van der Waals surface area contributed by atoms with Crippen molar-refractivity contribution in [2.45, 2.75) is 6.42 Å². The first-order chi connectivity index (χ1) is 6.27. The van der Waals surface area contributed by atoms with E-state index in [1.54, 1.807) is 6.07 Å². The molecule has 1 heterocycles. The van der Waals surface area contributed by atoms with E-state index in [9.17, 15) is 0 Å². The predicted molar refractivity (Wildman–Crippen MR) is 53.3 cm³/mol. The van der Waals surface area contributed by atoms with Crippen LogP contribution >= 0.6 is 0 Å². The van der Waals surface area contributed by atoms with E-state index < -0.39 is 7.12 Å². The lowest BCUT2D eigenvalue weighted by molar-refractivity contribution is 0.424. The van der Waals surface area contributed by atoms with Crippen molar-refractivity contribution in [1.29, 1.82) is 0 Å². The van der Waals surface area contributed by atoms with Crippen molar-refractivity contribution in [3.63, 3.8) is 0 Å². The van der Waals surface area contributed by atoms with Gasteiger partial charge in [0.15, 0.2) is 0 Å². The highest BCUT2D eigenvalue weighted by atomic mass is 16.4. The molecular weight excluding hydrogens is 165 g/mol. The van der Waals surface area contributed by atoms with Crippen LogP contribution < -0.4 is 5.59 Å². The Balaban J connectivity index is 2.44. The molecule has 0 aliphatic heterocycles. The standard InChI is InChI=1S/C9H10BNO2/c12-10(13)9-6-7-4-2-1-3-5-8(7)11-9/h2-6,11-13H,1H2. The maximum atomic E-state index is 8.92. The summed E-state index contributed by atoms with van der Waals surface area (Å²) in [5, 5.41) is 17.8. The van der Waals surface area contributed by atoms with E-state index >= 15 is 0 Å². The third-order valence-corrected chi connectivity index (χ3v) is 2.03. The van der Waals surface area contributed by atoms with Crippen LogP contribution in [0.2, 0.25) is 0 Å². The van der Waals surface area contributed by atoms with Gasteiger partial charge in [0.1, 0.15) is 0 Å². The van der Waals surface area contributed by atoms with Crippen molar-refractivity contribution in [2.24, 2.45) is 0 Å². The Morgan fingerprint density at radius 2 is 2.00 bits per heavy atom. The van der Waals surface area contributed by atoms with Crippen molar-refractivity contribution >= 4 is 24.9 Å². The van der Waals surface area contributed by atoms with Gasteiger partial charge in [-0.25, -0.2) is 0 Å². The molecule has 0 atom stereocenters. The summed E-state index contributed by atoms with van der Waals surface area (Å²) >= 11 is 0. The lowest BCUT2D eigenvalue weighted by Crippen LogP contribution is -2.30. The molecule has 1 aromatic heterocycles. The van der Waals surface area contributed by atoms with Crippen LogP contribution in [0.4, 0.5) is 0 Å². The lowest BCUT2D eigenvalue weighted by Gasteiger charge is -1.91. The van der Waals surface area contributed by atoms with E-state index in [1.807, 2.05) is 24.3 Å². The number of nitrogens with one attached hydrogen (secondary N) is 1. The van der Waals surface area contributed by atoms with Crippen LogP contribution in [0.1, 0.15) is 17.7 Å². The largest absolute Gasteiger partial charge is 0.505 e. The van der Waals surface area contributed by atoms with Crippen molar-refractivity contribution < 1.29 is 10.0 Å². The third-order valence-electron chi connectivity index (χ3n) is 2.03. The average Bonchev–Trinajstić information content (AvgIpc) is 2.38. The Kier molecular flexibility index (Phi) is 2.08. The smallest absolute Gasteiger partial charge is 0.422 e. The minimum atomic E-state index is -1.42. The number of rotatable bonds is 1. The summed E-state index contributed by atoms with van der Waals surface area (Å²) in [6, 6.07) is 1.74. The maximum Gasteiger partial charge on any atom is 0.505 e. The zero-order valence-corrected chi connectivity index (χ0v) is 7.07. The number of hydrogen-bond acceptors (Lipinski definition) is 2. The SMILES string of the molecule is OB(O)c1cc2c([nH]1)C=CCC=C2. The molecule has 2 rings (SSSR count). The zero-order chi connectivity index (χ0) is 9.26. The molecule has 0 unspecified atom stereocenters. The van der Waals surface area contributed by atoms with E-state index in [4.69, 9.17) is 10.0 Å². The summed E-state index contributed by atoms with van der Waals surface area (Å²) in [5.74, 6) is 0. The van der Waals surface area contributed by atoms with Gasteiger partial charge in [0.2, 0.25) is 0 Å². The average molecular weight is 175 g/mol. The number of aromatic nitrogens is 1. The molecule has 1 aliphatic rings. The fraction of sp³-hybridized carbons (Fsp3) is 0.111. The Labute approximate surface area is 76.6 Å². The molecule has 0 saturated carbocycles. The second-order valence-corrected chi connectivity index (χ2v) is 3.01. The number of allylic oxidation sites excluding steroid dienone is 2. The third kappa shape index (κ3) is 1.59. The summed E-state index contributed by atoms with van der Waals surface area (Å²) in [4.78, 5) is 2.94. The Hall–Kier alpha value is -1.26. The van der Waals surface area contributed by atoms with Crippen LogP contribution in [0.25, 0.3) is 12.2 Å². The first-order valence-electron chi connectivity index (χ1n) is 4.19. The monoisotopic (exact) mass is 175 g/mol. The molecule has 0 amide bonds. The van der Waals surface area contributed by atoms with Crippen LogP contribution in [0, 0.1) is 0 Å². The van der Waals surface area contributed by atoms with Crippen molar-refractivity contribution in [3.8, 4) is 0 Å². The van der Waals surface area contributed by atoms with Gasteiger partial charge in [-0.2, -0.15) is 0 Å². The second kappa shape index (κ2) is 3.24. The molecule has 0 fully saturated rings. The van der Waals surface area contributed by atoms with Gasteiger partial charge >= 0.3 is 7.12 Å². The van der Waals surface area contributed by atoms with Crippen LogP contribution in [-0.2, 0) is 0 Å². The summed E-state index contributed by atoms with van der Waals surface area (Å²) in [7, 11) is -1.42. The highest BCUT2D eigenvalue weighted by Gasteiger charge is 2.15. The maximum absolute atomic E-state index is 8.92. The van der Waals surface area contributed by atoms with Crippen molar-refractivity contribution in [2.75, 3.05) is 0 Å². The first-order valence-corrected chi connectivity index (χ1v) is 4.19. The van der Waals surface area contributed by atoms with E-state index in [2.05, 4.69) is 4.98 Å². The number of H-pyrrole nitrogens is 1. The summed E-state index contributed by atoms with van der Waals surface area (Å²) in [6.45, 7) is 0. The fourth-order valence-electron chi connectivity index (χ4n) is 1.38. The van der Waals surface area contributed by atoms with Crippen LogP contribution in [-0.4, -0.2) is 22.2 Å². The molecule has 0 aromatic carbocycles. The molecule has 1 aliphatic carbocycles. The van der Waals surface area contributed by atoms with Gasteiger partial charge in [0.05, 0.1) is 0 Å². The summed E-state index contributed by atoms with van der Waals surface area (Å²) < 4.78 is 0. The van der Waals surface area contributed by atoms with Crippen LogP contribution in [0.5, 0.6) is 0 Å². The number of hydrogen-bond donors (Lipinski definition) is 3. The number of aromatic amines is 1. The van der Waals surface area contributed by atoms with E-state index in [1.165, 1.54) is 0 Å². The Morgan fingerprint density at radius 1 is 1.23 bits per heavy atom. The summed E-state index contributed by atoms with van der Waals surface area (Å²) in [6.07, 6.45) is 8.88. The van der Waals surface area contributed by atoms with Gasteiger partial charge in [-0.15, -0.1) is 0 Å². The second-order valence-electron chi connectivity index (χ2n) is 3.01. The molecule has 66 valence electrons. The van der Waals surface area contributed by atoms with Crippen LogP contribution in [0.3, 0.4) is 0 Å². The van der Waals surface area contributed by atoms with Gasteiger partial charge in [0.25, 0.3) is 0 Å². The molecule has 1 aromatic rings. The molecule has 0 spiro atoms. The molecule has 3 nitrogen and oxygen atoms in total. The Morgan fingerprint density at radius 3 is 2.77 bits per heavy atom. The van der Waals surface area contributed by atoms with E-state index in [0.29, 0.717) is 5.59 Å². The predicted octanol–water partition coefficient (Wildman–Crippen LogP) is 0.125. The van der Waals surface area contributed by atoms with Gasteiger partial charge in [0, 0.05) is 11.3 Å². The molecule has 0 radical (unpaired) electrons. The van der Waals surface area contributed by atoms with Crippen molar-refractivity contribution in [1.82, 2.24) is 4.98 Å². The molecule has 13 heavy (non-hydrogen) atoms. The van der Waals surface area contributed by atoms with Gasteiger partial charge < -0.3 is 15.0 Å². The molecular formula is C9H10BNO2. The summed E-state index contributed by atoms with van der Waals surface area (Å²) in [5.41, 5.74) is 2.36. The van der Waals surface area contributed by atoms with Crippen LogP contribution in [0.15, 0.2) is 18.2 Å². The minimum Gasteiger partial charge on any atom is -0.422 e. The lowest BCUT2D eigenvalue weighted by atomic mass is 9.86. The highest BCUT2D eigenvalue weighted by molar-refractivity contribution is 6.57. The molecule has 3 N–H and O–H groups in total. The fourth-order valence-corrected chi connectivity index (χ4v) is 1.38. The topological polar surface area (TPSA) is 56.2 Å². The molecule has 0 bridgehead atoms. The van der Waals surface area contributed by atoms with Crippen molar-refractivity contribution in [3.05, 3.63) is 29.5 Å². The normalized spacial score (nSPS) is 14.0.